The number of ether oxygens (including phenoxy) is 1. The summed E-state index contributed by atoms with van der Waals surface area (Å²) >= 11 is 1.08. The number of carbonyl (C=O) groups is 3. The van der Waals surface area contributed by atoms with Crippen molar-refractivity contribution in [1.82, 2.24) is 14.6 Å². The highest BCUT2D eigenvalue weighted by molar-refractivity contribution is 7.12. The largest absolute Gasteiger partial charge is 0.477 e. The van der Waals surface area contributed by atoms with E-state index < -0.39 is 17.7 Å². The molecule has 0 atom stereocenters. The molecule has 1 saturated carbocycles. The highest BCUT2D eigenvalue weighted by Crippen LogP contribution is 2.36. The fraction of sp³-hybridized carbons (Fsp3) is 0.350. The number of amides is 1. The van der Waals surface area contributed by atoms with Crippen molar-refractivity contribution >= 4 is 41.2 Å². The van der Waals surface area contributed by atoms with E-state index in [1.165, 1.54) is 21.7 Å². The molecule has 3 heterocycles. The Bertz CT molecular complexity index is 1160. The van der Waals surface area contributed by atoms with E-state index in [0.717, 1.165) is 24.2 Å². The van der Waals surface area contributed by atoms with Crippen molar-refractivity contribution in [2.24, 2.45) is 0 Å². The van der Waals surface area contributed by atoms with Crippen LogP contribution < -0.4 is 4.90 Å². The number of carbonyl (C=O) groups excluding carboxylic acids is 2. The lowest BCUT2D eigenvalue weighted by Gasteiger charge is -2.27. The van der Waals surface area contributed by atoms with Crippen LogP contribution in [0, 0.1) is 0 Å². The first-order valence-electron chi connectivity index (χ1n) is 9.36. The highest BCUT2D eigenvalue weighted by atomic mass is 32.1. The fourth-order valence-corrected chi connectivity index (χ4v) is 3.76. The lowest BCUT2D eigenvalue weighted by atomic mass is 10.2. The van der Waals surface area contributed by atoms with Crippen molar-refractivity contribution in [2.75, 3.05) is 4.90 Å². The molecule has 10 heteroatoms. The zero-order valence-corrected chi connectivity index (χ0v) is 17.5. The second-order valence-corrected chi connectivity index (χ2v) is 8.95. The van der Waals surface area contributed by atoms with Gasteiger partial charge in [-0.25, -0.2) is 14.6 Å². The van der Waals surface area contributed by atoms with E-state index in [0.29, 0.717) is 23.4 Å². The summed E-state index contributed by atoms with van der Waals surface area (Å²) in [4.78, 5) is 42.0. The van der Waals surface area contributed by atoms with Gasteiger partial charge in [-0.15, -0.1) is 11.3 Å². The second kappa shape index (κ2) is 7.21. The molecule has 1 amide bonds. The molecular weight excluding hydrogens is 408 g/mol. The summed E-state index contributed by atoms with van der Waals surface area (Å²) in [6, 6.07) is 3.14. The minimum absolute atomic E-state index is 0.0424. The Morgan fingerprint density at radius 3 is 2.63 bits per heavy atom. The second-order valence-electron chi connectivity index (χ2n) is 8.04. The van der Waals surface area contributed by atoms with E-state index >= 15 is 0 Å². The molecule has 0 aliphatic heterocycles. The summed E-state index contributed by atoms with van der Waals surface area (Å²) < 4.78 is 7.04. The predicted octanol–water partition coefficient (Wildman–Crippen LogP) is 3.87. The molecule has 0 aromatic carbocycles. The molecule has 1 fully saturated rings. The van der Waals surface area contributed by atoms with Crippen LogP contribution in [-0.2, 0) is 4.74 Å². The van der Waals surface area contributed by atoms with Gasteiger partial charge in [0.05, 0.1) is 17.5 Å². The minimum Gasteiger partial charge on any atom is -0.477 e. The third-order valence-corrected chi connectivity index (χ3v) is 5.38. The van der Waals surface area contributed by atoms with Gasteiger partial charge in [-0.2, -0.15) is 9.61 Å². The van der Waals surface area contributed by atoms with Gasteiger partial charge < -0.3 is 9.84 Å². The molecule has 0 radical (unpaired) electrons. The smallest absolute Gasteiger partial charge is 0.416 e. The van der Waals surface area contributed by atoms with E-state index in [-0.39, 0.29) is 22.1 Å². The first kappa shape index (κ1) is 20.0. The molecule has 30 heavy (non-hydrogen) atoms. The van der Waals surface area contributed by atoms with Crippen molar-refractivity contribution in [1.29, 1.82) is 0 Å². The van der Waals surface area contributed by atoms with E-state index in [2.05, 4.69) is 10.1 Å². The van der Waals surface area contributed by atoms with Gasteiger partial charge in [0.1, 0.15) is 16.3 Å². The van der Waals surface area contributed by atoms with Gasteiger partial charge in [-0.1, -0.05) is 0 Å². The lowest BCUT2D eigenvalue weighted by molar-refractivity contribution is 0.0575. The summed E-state index contributed by atoms with van der Waals surface area (Å²) in [5, 5.41) is 15.2. The number of hydrogen-bond acceptors (Lipinski definition) is 7. The molecule has 1 aliphatic carbocycles. The average Bonchev–Trinajstić information content (AvgIpc) is 3.20. The Labute approximate surface area is 175 Å². The molecule has 3 aromatic heterocycles. The summed E-state index contributed by atoms with van der Waals surface area (Å²) in [6.45, 7) is 5.38. The Balaban J connectivity index is 1.88. The zero-order valence-electron chi connectivity index (χ0n) is 16.7. The van der Waals surface area contributed by atoms with Crippen LogP contribution in [0.4, 0.5) is 10.6 Å². The van der Waals surface area contributed by atoms with Crippen LogP contribution in [0.2, 0.25) is 0 Å². The van der Waals surface area contributed by atoms with Gasteiger partial charge >= 0.3 is 12.1 Å². The minimum atomic E-state index is -1.03. The SMILES string of the molecule is CC(C)(C)OC(=O)N(c1cc(-c2csc(C(=O)O)c2)nc2c(C=O)cnn12)C1CC1. The van der Waals surface area contributed by atoms with Crippen LogP contribution in [-0.4, -0.2) is 49.7 Å². The molecule has 1 aliphatic rings. The zero-order chi connectivity index (χ0) is 21.6. The molecule has 0 unspecified atom stereocenters. The van der Waals surface area contributed by atoms with Crippen LogP contribution in [0.25, 0.3) is 16.9 Å². The summed E-state index contributed by atoms with van der Waals surface area (Å²) in [5.41, 5.74) is 0.904. The number of rotatable bonds is 5. The fourth-order valence-electron chi connectivity index (χ4n) is 3.02. The quantitative estimate of drug-likeness (QED) is 0.614. The lowest BCUT2D eigenvalue weighted by Crippen LogP contribution is -2.39. The normalized spacial score (nSPS) is 14.0. The molecule has 3 aromatic rings. The number of aromatic carboxylic acids is 1. The molecule has 9 nitrogen and oxygen atoms in total. The number of aldehydes is 1. The van der Waals surface area contributed by atoms with E-state index in [1.807, 2.05) is 0 Å². The number of carboxylic acids is 1. The molecule has 0 bridgehead atoms. The number of nitrogens with zero attached hydrogens (tertiary/aromatic N) is 4. The van der Waals surface area contributed by atoms with Gasteiger partial charge in [0.25, 0.3) is 0 Å². The molecule has 1 N–H and O–H groups in total. The monoisotopic (exact) mass is 428 g/mol. The van der Waals surface area contributed by atoms with E-state index in [9.17, 15) is 19.5 Å². The highest BCUT2D eigenvalue weighted by Gasteiger charge is 2.38. The number of aromatic nitrogens is 3. The van der Waals surface area contributed by atoms with Crippen LogP contribution >= 0.6 is 11.3 Å². The van der Waals surface area contributed by atoms with Gasteiger partial charge in [0.15, 0.2) is 11.9 Å². The third kappa shape index (κ3) is 3.78. The van der Waals surface area contributed by atoms with E-state index in [1.54, 1.807) is 32.2 Å². The Morgan fingerprint density at radius 2 is 2.07 bits per heavy atom. The first-order chi connectivity index (χ1) is 14.2. The average molecular weight is 428 g/mol. The van der Waals surface area contributed by atoms with Crippen molar-refractivity contribution in [3.63, 3.8) is 0 Å². The third-order valence-electron chi connectivity index (χ3n) is 4.46. The number of carboxylic acid groups (broad SMARTS) is 1. The summed E-state index contributed by atoms with van der Waals surface area (Å²) in [7, 11) is 0. The van der Waals surface area contributed by atoms with Crippen molar-refractivity contribution in [3.8, 4) is 11.3 Å². The predicted molar refractivity (Wildman–Crippen MR) is 110 cm³/mol. The van der Waals surface area contributed by atoms with Crippen LogP contribution in [0.3, 0.4) is 0 Å². The maximum absolute atomic E-state index is 13.0. The number of fused-ring (bicyclic) bond motifs is 1. The van der Waals surface area contributed by atoms with Gasteiger partial charge in [0, 0.05) is 23.1 Å². The number of anilines is 1. The topological polar surface area (TPSA) is 114 Å². The van der Waals surface area contributed by atoms with E-state index in [4.69, 9.17) is 4.74 Å². The van der Waals surface area contributed by atoms with Crippen LogP contribution in [0.15, 0.2) is 23.7 Å². The molecule has 0 spiro atoms. The Hall–Kier alpha value is -3.27. The van der Waals surface area contributed by atoms with Crippen molar-refractivity contribution in [3.05, 3.63) is 34.2 Å². The van der Waals surface area contributed by atoms with Gasteiger partial charge in [0.2, 0.25) is 0 Å². The molecule has 0 saturated heterocycles. The Kier molecular flexibility index (Phi) is 4.81. The van der Waals surface area contributed by atoms with Gasteiger partial charge in [-0.3, -0.25) is 9.69 Å². The van der Waals surface area contributed by atoms with Crippen molar-refractivity contribution < 1.29 is 24.2 Å². The first-order valence-corrected chi connectivity index (χ1v) is 10.2. The van der Waals surface area contributed by atoms with Crippen LogP contribution in [0.1, 0.15) is 53.6 Å². The van der Waals surface area contributed by atoms with Crippen molar-refractivity contribution in [2.45, 2.75) is 45.3 Å². The molecular formula is C20H20N4O5S. The summed E-state index contributed by atoms with van der Waals surface area (Å²) in [6.07, 6.45) is 3.17. The van der Waals surface area contributed by atoms with Crippen LogP contribution in [0.5, 0.6) is 0 Å². The number of thiophene rings is 1. The Morgan fingerprint density at radius 1 is 1.33 bits per heavy atom. The number of hydrogen-bond donors (Lipinski definition) is 1. The molecule has 4 rings (SSSR count). The molecule has 156 valence electrons. The maximum Gasteiger partial charge on any atom is 0.416 e. The maximum atomic E-state index is 13.0. The standard InChI is InChI=1S/C20H20N4O5S/c1-20(2,3)29-19(28)23(13-4-5-13)16-7-14(11-6-15(18(26)27)30-10-11)22-17-12(9-25)8-21-24(16)17/h6-10,13H,4-5H2,1-3H3,(H,26,27). The summed E-state index contributed by atoms with van der Waals surface area (Å²) in [5.74, 6) is -0.609. The van der Waals surface area contributed by atoms with Gasteiger partial charge in [-0.05, 0) is 39.7 Å².